The number of anilines is 1. The minimum atomic E-state index is 0.790. The normalized spacial score (nSPS) is 9.54. The van der Waals surface area contributed by atoms with Gasteiger partial charge in [0.25, 0.3) is 0 Å². The topological polar surface area (TPSA) is 26.0 Å². The molecule has 2 heteroatoms. The van der Waals surface area contributed by atoms with Crippen LogP contribution in [0.2, 0.25) is 0 Å². The van der Waals surface area contributed by atoms with Crippen molar-refractivity contribution in [3.63, 3.8) is 0 Å². The van der Waals surface area contributed by atoms with Gasteiger partial charge in [0.2, 0.25) is 0 Å². The molecule has 0 atom stereocenters. The Hall–Kier alpha value is -1.07. The van der Waals surface area contributed by atoms with E-state index < -0.39 is 0 Å². The summed E-state index contributed by atoms with van der Waals surface area (Å²) in [5.74, 6) is 3.55. The first-order chi connectivity index (χ1) is 6.24. The maximum atomic E-state index is 5.80. The van der Waals surface area contributed by atoms with Crippen LogP contribution in [0.15, 0.2) is 23.1 Å². The summed E-state index contributed by atoms with van der Waals surface area (Å²) in [6.45, 7) is 2.06. The predicted octanol–water partition coefficient (Wildman–Crippen LogP) is 2.69. The first-order valence-electron chi connectivity index (χ1n) is 4.16. The standard InChI is InChI=1S/C11H13NS/c1-3-4-7-13-11-8-9(2)5-6-10(11)12/h1,5-6,8H,4,7,12H2,2H3. The van der Waals surface area contributed by atoms with Gasteiger partial charge < -0.3 is 5.73 Å². The number of nitrogen functional groups attached to an aromatic ring is 1. The maximum absolute atomic E-state index is 5.80. The van der Waals surface area contributed by atoms with Crippen LogP contribution in [-0.2, 0) is 0 Å². The largest absolute Gasteiger partial charge is 0.398 e. The summed E-state index contributed by atoms with van der Waals surface area (Å²) in [5.41, 5.74) is 7.87. The lowest BCUT2D eigenvalue weighted by molar-refractivity contribution is 1.28. The molecule has 0 saturated heterocycles. The summed E-state index contributed by atoms with van der Waals surface area (Å²) in [7, 11) is 0. The molecule has 1 aromatic carbocycles. The average Bonchev–Trinajstić information content (AvgIpc) is 2.11. The molecule has 0 aliphatic carbocycles. The van der Waals surface area contributed by atoms with Crippen LogP contribution in [0.25, 0.3) is 0 Å². The van der Waals surface area contributed by atoms with Gasteiger partial charge >= 0.3 is 0 Å². The van der Waals surface area contributed by atoms with Crippen LogP contribution >= 0.6 is 11.8 Å². The molecule has 2 N–H and O–H groups in total. The number of terminal acetylenes is 1. The van der Waals surface area contributed by atoms with E-state index in [1.54, 1.807) is 11.8 Å². The monoisotopic (exact) mass is 191 g/mol. The second-order valence-electron chi connectivity index (χ2n) is 2.84. The highest BCUT2D eigenvalue weighted by Crippen LogP contribution is 2.26. The molecule has 1 aromatic rings. The molecule has 0 fully saturated rings. The molecule has 0 unspecified atom stereocenters. The highest BCUT2D eigenvalue weighted by molar-refractivity contribution is 7.99. The molecule has 0 aromatic heterocycles. The van der Waals surface area contributed by atoms with Gasteiger partial charge in [0.1, 0.15) is 0 Å². The molecule has 1 nitrogen and oxygen atoms in total. The summed E-state index contributed by atoms with van der Waals surface area (Å²) >= 11 is 1.72. The van der Waals surface area contributed by atoms with Crippen LogP contribution in [-0.4, -0.2) is 5.75 Å². The van der Waals surface area contributed by atoms with E-state index in [-0.39, 0.29) is 0 Å². The highest BCUT2D eigenvalue weighted by atomic mass is 32.2. The van der Waals surface area contributed by atoms with Crippen LogP contribution < -0.4 is 5.73 Å². The molecule has 68 valence electrons. The van der Waals surface area contributed by atoms with Gasteiger partial charge in [-0.2, -0.15) is 0 Å². The van der Waals surface area contributed by atoms with E-state index in [0.717, 1.165) is 22.8 Å². The van der Waals surface area contributed by atoms with Gasteiger partial charge in [0.05, 0.1) is 0 Å². The molecule has 0 amide bonds. The number of aryl methyl sites for hydroxylation is 1. The quantitative estimate of drug-likeness (QED) is 0.344. The third-order valence-electron chi connectivity index (χ3n) is 1.67. The molecule has 13 heavy (non-hydrogen) atoms. The van der Waals surface area contributed by atoms with Crippen molar-refractivity contribution in [2.45, 2.75) is 18.2 Å². The zero-order chi connectivity index (χ0) is 9.68. The van der Waals surface area contributed by atoms with Crippen molar-refractivity contribution in [3.05, 3.63) is 23.8 Å². The second-order valence-corrected chi connectivity index (χ2v) is 3.98. The molecular formula is C11H13NS. The minimum Gasteiger partial charge on any atom is -0.398 e. The van der Waals surface area contributed by atoms with E-state index in [0.29, 0.717) is 0 Å². The lowest BCUT2D eigenvalue weighted by Gasteiger charge is -2.04. The summed E-state index contributed by atoms with van der Waals surface area (Å²) in [6.07, 6.45) is 5.96. The predicted molar refractivity (Wildman–Crippen MR) is 59.8 cm³/mol. The van der Waals surface area contributed by atoms with E-state index in [4.69, 9.17) is 12.2 Å². The van der Waals surface area contributed by atoms with E-state index in [1.165, 1.54) is 5.56 Å². The van der Waals surface area contributed by atoms with Crippen LogP contribution in [0.1, 0.15) is 12.0 Å². The van der Waals surface area contributed by atoms with Crippen molar-refractivity contribution in [2.24, 2.45) is 0 Å². The van der Waals surface area contributed by atoms with Crippen molar-refractivity contribution in [3.8, 4) is 12.3 Å². The van der Waals surface area contributed by atoms with Crippen molar-refractivity contribution >= 4 is 17.4 Å². The number of benzene rings is 1. The molecule has 0 radical (unpaired) electrons. The van der Waals surface area contributed by atoms with Gasteiger partial charge in [-0.05, 0) is 24.6 Å². The Morgan fingerprint density at radius 3 is 3.00 bits per heavy atom. The minimum absolute atomic E-state index is 0.790. The third kappa shape index (κ3) is 3.04. The summed E-state index contributed by atoms with van der Waals surface area (Å²) in [4.78, 5) is 1.13. The van der Waals surface area contributed by atoms with Gasteiger partial charge in [0.15, 0.2) is 0 Å². The number of thioether (sulfide) groups is 1. The lowest BCUT2D eigenvalue weighted by Crippen LogP contribution is -1.89. The Morgan fingerprint density at radius 2 is 2.31 bits per heavy atom. The fourth-order valence-electron chi connectivity index (χ4n) is 0.986. The Balaban J connectivity index is 2.65. The van der Waals surface area contributed by atoms with Gasteiger partial charge in [0, 0.05) is 22.8 Å². The van der Waals surface area contributed by atoms with Gasteiger partial charge in [-0.3, -0.25) is 0 Å². The fraction of sp³-hybridized carbons (Fsp3) is 0.273. The van der Waals surface area contributed by atoms with Crippen LogP contribution in [0, 0.1) is 19.3 Å². The second kappa shape index (κ2) is 4.84. The first kappa shape index (κ1) is 10.0. The lowest BCUT2D eigenvalue weighted by atomic mass is 10.2. The zero-order valence-corrected chi connectivity index (χ0v) is 8.53. The third-order valence-corrected chi connectivity index (χ3v) is 2.75. The van der Waals surface area contributed by atoms with Crippen LogP contribution in [0.5, 0.6) is 0 Å². The maximum Gasteiger partial charge on any atom is 0.0452 e. The molecule has 0 aliphatic heterocycles. The summed E-state index contributed by atoms with van der Waals surface area (Å²) in [5, 5.41) is 0. The van der Waals surface area contributed by atoms with Crippen molar-refractivity contribution in [1.82, 2.24) is 0 Å². The van der Waals surface area contributed by atoms with E-state index >= 15 is 0 Å². The van der Waals surface area contributed by atoms with Gasteiger partial charge in [-0.25, -0.2) is 0 Å². The average molecular weight is 191 g/mol. The van der Waals surface area contributed by atoms with E-state index in [2.05, 4.69) is 18.9 Å². The summed E-state index contributed by atoms with van der Waals surface area (Å²) in [6, 6.07) is 6.05. The zero-order valence-electron chi connectivity index (χ0n) is 7.71. The molecular weight excluding hydrogens is 178 g/mol. The highest BCUT2D eigenvalue weighted by Gasteiger charge is 1.98. The van der Waals surface area contributed by atoms with Crippen molar-refractivity contribution in [1.29, 1.82) is 0 Å². The molecule has 0 aliphatic rings. The van der Waals surface area contributed by atoms with Crippen molar-refractivity contribution < 1.29 is 0 Å². The van der Waals surface area contributed by atoms with Crippen LogP contribution in [0.3, 0.4) is 0 Å². The molecule has 0 spiro atoms. The Kier molecular flexibility index (Phi) is 3.72. The van der Waals surface area contributed by atoms with Crippen LogP contribution in [0.4, 0.5) is 5.69 Å². The molecule has 0 heterocycles. The van der Waals surface area contributed by atoms with Gasteiger partial charge in [-0.1, -0.05) is 6.07 Å². The van der Waals surface area contributed by atoms with E-state index in [9.17, 15) is 0 Å². The number of rotatable bonds is 3. The van der Waals surface area contributed by atoms with Gasteiger partial charge in [-0.15, -0.1) is 24.1 Å². The number of hydrogen-bond acceptors (Lipinski definition) is 2. The number of hydrogen-bond donors (Lipinski definition) is 1. The number of nitrogens with two attached hydrogens (primary N) is 1. The molecule has 0 bridgehead atoms. The fourth-order valence-corrected chi connectivity index (χ4v) is 1.93. The smallest absolute Gasteiger partial charge is 0.0452 e. The molecule has 0 saturated carbocycles. The Bertz CT molecular complexity index is 325. The van der Waals surface area contributed by atoms with Crippen molar-refractivity contribution in [2.75, 3.05) is 11.5 Å². The SMILES string of the molecule is C#CCCSc1cc(C)ccc1N. The Morgan fingerprint density at radius 1 is 1.54 bits per heavy atom. The molecule has 1 rings (SSSR count). The first-order valence-corrected chi connectivity index (χ1v) is 5.15. The Labute approximate surface area is 83.7 Å². The summed E-state index contributed by atoms with van der Waals surface area (Å²) < 4.78 is 0. The van der Waals surface area contributed by atoms with E-state index in [1.807, 2.05) is 12.1 Å².